The van der Waals surface area contributed by atoms with Crippen LogP contribution in [0.2, 0.25) is 0 Å². The summed E-state index contributed by atoms with van der Waals surface area (Å²) in [5.74, 6) is -1.04. The van der Waals surface area contributed by atoms with Crippen LogP contribution in [0.3, 0.4) is 0 Å². The van der Waals surface area contributed by atoms with Crippen molar-refractivity contribution in [2.24, 2.45) is 5.92 Å². The number of methoxy groups -OCH3 is 1. The number of carboxylic acids is 1. The zero-order chi connectivity index (χ0) is 41.0. The molecule has 2 aromatic carbocycles. The van der Waals surface area contributed by atoms with E-state index in [2.05, 4.69) is 41.9 Å². The van der Waals surface area contributed by atoms with Crippen molar-refractivity contribution >= 4 is 67.7 Å². The van der Waals surface area contributed by atoms with Crippen LogP contribution < -0.4 is 5.32 Å². The van der Waals surface area contributed by atoms with Crippen molar-refractivity contribution in [3.8, 4) is 11.1 Å². The molecule has 2 amide bonds. The lowest BCUT2D eigenvalue weighted by Crippen LogP contribution is -2.49. The van der Waals surface area contributed by atoms with Crippen LogP contribution in [-0.2, 0) is 28.6 Å². The van der Waals surface area contributed by atoms with E-state index in [4.69, 9.17) is 29.3 Å². The Kier molecular flexibility index (Phi) is 21.8. The van der Waals surface area contributed by atoms with Gasteiger partial charge in [-0.05, 0) is 77.3 Å². The van der Waals surface area contributed by atoms with Crippen molar-refractivity contribution in [1.82, 2.24) is 10.2 Å². The fourth-order valence-electron chi connectivity index (χ4n) is 5.73. The van der Waals surface area contributed by atoms with Crippen molar-refractivity contribution in [3.63, 3.8) is 0 Å². The molecule has 0 spiro atoms. The number of carboxylic acid groups (broad SMARTS) is 1. The predicted molar refractivity (Wildman–Crippen MR) is 206 cm³/mol. The molecule has 16 heteroatoms. The summed E-state index contributed by atoms with van der Waals surface area (Å²) in [6.45, 7) is 10.1. The topological polar surface area (TPSA) is 203 Å². The molecule has 0 bridgehead atoms. The maximum absolute atomic E-state index is 11.6. The minimum atomic E-state index is -1.04. The van der Waals surface area contributed by atoms with Gasteiger partial charge in [0.25, 0.3) is 0 Å². The molecule has 0 radical (unpaired) electrons. The normalized spacial score (nSPS) is 19.4. The molecule has 3 N–H and O–H groups in total. The summed E-state index contributed by atoms with van der Waals surface area (Å²) in [5.41, 5.74) is 2.97. The number of aliphatic hydroxyl groups is 1. The van der Waals surface area contributed by atoms with Gasteiger partial charge in [0.2, 0.25) is 0 Å². The van der Waals surface area contributed by atoms with Crippen LogP contribution in [0.4, 0.5) is 9.59 Å². The first-order chi connectivity index (χ1) is 25.4. The average Bonchev–Trinajstić information content (AvgIpc) is 3.62. The molecule has 4 atom stereocenters. The number of benzene rings is 2. The SMILES string of the molecule is CC(C)(C)OC(=O)N1CCC[C@@H]1CO.COC(=O)N[C@H](C(=O)O)C1C[C@@H](C)O[C@H](C)C1.O=C(CBr)c1ccc(-c2ccc(C(=O)CBr)cc2)cc1.O=C=O. The summed E-state index contributed by atoms with van der Waals surface area (Å²) in [7, 11) is 1.21. The number of nitrogens with zero attached hydrogens (tertiary/aromatic N) is 1. The number of hydrogen-bond donors (Lipinski definition) is 3. The Morgan fingerprint density at radius 1 is 0.907 bits per heavy atom. The zero-order valence-electron chi connectivity index (χ0n) is 31.3. The van der Waals surface area contributed by atoms with Crippen molar-refractivity contribution in [3.05, 3.63) is 59.7 Å². The van der Waals surface area contributed by atoms with E-state index in [0.29, 0.717) is 41.2 Å². The third-order valence-electron chi connectivity index (χ3n) is 8.14. The van der Waals surface area contributed by atoms with Crippen LogP contribution in [0, 0.1) is 5.92 Å². The second-order valence-corrected chi connectivity index (χ2v) is 14.6. The van der Waals surface area contributed by atoms with E-state index in [1.165, 1.54) is 7.11 Å². The smallest absolute Gasteiger partial charge is 0.410 e. The monoisotopic (exact) mass is 884 g/mol. The quantitative estimate of drug-likeness (QED) is 0.188. The predicted octanol–water partition coefficient (Wildman–Crippen LogP) is 6.30. The molecule has 0 unspecified atom stereocenters. The minimum absolute atomic E-state index is 0.00467. The van der Waals surface area contributed by atoms with Gasteiger partial charge in [-0.15, -0.1) is 0 Å². The molecule has 0 aliphatic carbocycles. The van der Waals surface area contributed by atoms with E-state index in [1.807, 2.05) is 83.1 Å². The zero-order valence-corrected chi connectivity index (χ0v) is 34.5. The number of likely N-dealkylation sites (tertiary alicyclic amines) is 1. The van der Waals surface area contributed by atoms with E-state index in [9.17, 15) is 24.0 Å². The van der Waals surface area contributed by atoms with Gasteiger partial charge in [0.05, 0.1) is 42.6 Å². The Morgan fingerprint density at radius 2 is 1.35 bits per heavy atom. The highest BCUT2D eigenvalue weighted by Crippen LogP contribution is 2.28. The summed E-state index contributed by atoms with van der Waals surface area (Å²) in [4.78, 5) is 74.8. The number of rotatable bonds is 9. The fourth-order valence-corrected chi connectivity index (χ4v) is 6.38. The fraction of sp³-hybridized carbons (Fsp3) is 0.526. The van der Waals surface area contributed by atoms with E-state index < -0.39 is 23.7 Å². The average molecular weight is 887 g/mol. The number of carbonyl (C=O) groups is 5. The maximum atomic E-state index is 11.6. The standard InChI is InChI=1S/C16H12Br2O2.C11H19NO5.C10H19NO3.CO2/c17-9-15(19)13-5-1-11(2-6-13)12-3-7-14(8-4-12)16(20)10-18;1-6-4-8(5-7(2)17-6)9(10(13)14)12-11(15)16-3;1-10(2,3)14-9(13)11-6-4-5-8(11)7-12;2-1-3/h1-8H,9-10H2;6-9H,4-5H2,1-3H3,(H,12,15)(H,13,14);8,12H,4-7H2,1-3H3;/t;6-,7-,9+;8-;/m.11./s1. The van der Waals surface area contributed by atoms with Gasteiger partial charge in [0, 0.05) is 17.7 Å². The number of carbonyl (C=O) groups excluding carboxylic acids is 6. The molecule has 2 aliphatic rings. The first-order valence-electron chi connectivity index (χ1n) is 17.2. The summed E-state index contributed by atoms with van der Waals surface area (Å²) < 4.78 is 15.2. The van der Waals surface area contributed by atoms with Gasteiger partial charge >= 0.3 is 24.3 Å². The number of ketones is 2. The molecule has 0 aromatic heterocycles. The highest BCUT2D eigenvalue weighted by molar-refractivity contribution is 9.09. The summed E-state index contributed by atoms with van der Waals surface area (Å²) in [6, 6.07) is 13.9. The van der Waals surface area contributed by atoms with E-state index in [1.54, 1.807) is 4.90 Å². The molecule has 54 heavy (non-hydrogen) atoms. The number of ether oxygens (including phenoxy) is 3. The van der Waals surface area contributed by atoms with Gasteiger partial charge in [-0.3, -0.25) is 9.59 Å². The number of alkyl halides is 2. The number of halogens is 2. The van der Waals surface area contributed by atoms with Crippen molar-refractivity contribution in [1.29, 1.82) is 0 Å². The van der Waals surface area contributed by atoms with Crippen molar-refractivity contribution in [2.75, 3.05) is 30.9 Å². The second-order valence-electron chi connectivity index (χ2n) is 13.4. The van der Waals surface area contributed by atoms with Gasteiger partial charge in [0.1, 0.15) is 11.6 Å². The Morgan fingerprint density at radius 3 is 1.70 bits per heavy atom. The number of aliphatic carboxylic acids is 1. The second kappa shape index (κ2) is 24.5. The molecule has 298 valence electrons. The van der Waals surface area contributed by atoms with Crippen LogP contribution in [-0.4, -0.2) is 112 Å². The first kappa shape index (κ1) is 48.1. The van der Waals surface area contributed by atoms with Crippen LogP contribution in [0.1, 0.15) is 81.0 Å². The Hall–Kier alpha value is -3.95. The van der Waals surface area contributed by atoms with Crippen LogP contribution in [0.25, 0.3) is 11.1 Å². The van der Waals surface area contributed by atoms with Gasteiger partial charge < -0.3 is 34.6 Å². The lowest BCUT2D eigenvalue weighted by Gasteiger charge is -2.35. The molecule has 4 rings (SSSR count). The third kappa shape index (κ3) is 17.0. The number of aliphatic hydroxyl groups excluding tert-OH is 1. The molecule has 2 saturated heterocycles. The van der Waals surface area contributed by atoms with Gasteiger partial charge in [-0.2, -0.15) is 9.59 Å². The molecule has 2 heterocycles. The molecule has 0 saturated carbocycles. The molecule has 2 fully saturated rings. The molecule has 2 aromatic rings. The largest absolute Gasteiger partial charge is 0.480 e. The van der Waals surface area contributed by atoms with E-state index in [-0.39, 0.29) is 54.6 Å². The van der Waals surface area contributed by atoms with Crippen molar-refractivity contribution < 1.29 is 58.0 Å². The van der Waals surface area contributed by atoms with E-state index >= 15 is 0 Å². The molecule has 14 nitrogen and oxygen atoms in total. The lowest BCUT2D eigenvalue weighted by atomic mass is 9.86. The number of alkyl carbamates (subject to hydrolysis) is 1. The lowest BCUT2D eigenvalue weighted by molar-refractivity contribution is -0.191. The van der Waals surface area contributed by atoms with Crippen LogP contribution >= 0.6 is 31.9 Å². The van der Waals surface area contributed by atoms with Crippen LogP contribution in [0.5, 0.6) is 0 Å². The first-order valence-corrected chi connectivity index (χ1v) is 19.4. The Balaban J connectivity index is 0.000000396. The number of hydrogen-bond acceptors (Lipinski definition) is 11. The van der Waals surface area contributed by atoms with Gasteiger partial charge in [-0.1, -0.05) is 80.4 Å². The molecular formula is C38H50Br2N2O12. The van der Waals surface area contributed by atoms with Crippen LogP contribution in [0.15, 0.2) is 48.5 Å². The number of Topliss-reactive ketones (excluding diaryl/α,β-unsaturated/α-hetero) is 2. The highest BCUT2D eigenvalue weighted by atomic mass is 79.9. The minimum Gasteiger partial charge on any atom is -0.480 e. The van der Waals surface area contributed by atoms with Gasteiger partial charge in [0.15, 0.2) is 11.6 Å². The Bertz CT molecular complexity index is 1470. The summed E-state index contributed by atoms with van der Waals surface area (Å²) >= 11 is 6.32. The van der Waals surface area contributed by atoms with E-state index in [0.717, 1.165) is 24.0 Å². The van der Waals surface area contributed by atoms with Crippen molar-refractivity contribution in [2.45, 2.75) is 90.2 Å². The molecule has 2 aliphatic heterocycles. The summed E-state index contributed by atoms with van der Waals surface area (Å²) in [6.07, 6.45) is 2.28. The maximum Gasteiger partial charge on any atom is 0.410 e. The number of amides is 2. The highest BCUT2D eigenvalue weighted by Gasteiger charge is 2.36. The van der Waals surface area contributed by atoms with Gasteiger partial charge in [-0.25, -0.2) is 14.4 Å². The summed E-state index contributed by atoms with van der Waals surface area (Å²) in [5, 5.41) is 21.2. The molecular weight excluding hydrogens is 836 g/mol. The third-order valence-corrected chi connectivity index (χ3v) is 9.15. The number of nitrogens with one attached hydrogen (secondary N) is 1. The Labute approximate surface area is 332 Å².